The van der Waals surface area contributed by atoms with E-state index in [-0.39, 0.29) is 11.4 Å². The van der Waals surface area contributed by atoms with Crippen LogP contribution in [-0.4, -0.2) is 38.8 Å². The van der Waals surface area contributed by atoms with Crippen LogP contribution >= 0.6 is 0 Å². The first-order valence-corrected chi connectivity index (χ1v) is 10.1. The summed E-state index contributed by atoms with van der Waals surface area (Å²) >= 11 is 0. The number of amides is 1. The fourth-order valence-electron chi connectivity index (χ4n) is 4.58. The minimum atomic E-state index is -0.248. The van der Waals surface area contributed by atoms with Crippen molar-refractivity contribution in [2.75, 3.05) is 18.0 Å². The third-order valence-corrected chi connectivity index (χ3v) is 6.09. The Morgan fingerprint density at radius 2 is 1.93 bits per heavy atom. The van der Waals surface area contributed by atoms with Crippen LogP contribution in [0.4, 0.5) is 5.82 Å². The number of aryl methyl sites for hydroxylation is 2. The minimum absolute atomic E-state index is 0.119. The Morgan fingerprint density at radius 1 is 1.10 bits per heavy atom. The largest absolute Gasteiger partial charge is 0.465 e. The molecule has 0 radical (unpaired) electrons. The fraction of sp³-hybridized carbons (Fsp3) is 0.476. The van der Waals surface area contributed by atoms with Crippen molar-refractivity contribution in [1.82, 2.24) is 19.8 Å². The number of aromatic nitrogens is 3. The van der Waals surface area contributed by atoms with E-state index in [2.05, 4.69) is 19.8 Å². The molecular weight excluding hydrogens is 370 g/mol. The lowest BCUT2D eigenvalue weighted by Crippen LogP contribution is -2.53. The van der Waals surface area contributed by atoms with Crippen molar-refractivity contribution in [2.24, 2.45) is 0 Å². The van der Waals surface area contributed by atoms with E-state index < -0.39 is 0 Å². The summed E-state index contributed by atoms with van der Waals surface area (Å²) in [6.45, 7) is 6.85. The maximum atomic E-state index is 13.1. The third kappa shape index (κ3) is 3.27. The number of hydrogen-bond donors (Lipinski definition) is 0. The van der Waals surface area contributed by atoms with Gasteiger partial charge in [0.25, 0.3) is 0 Å². The molecule has 152 valence electrons. The molecule has 5 heterocycles. The number of nitrogens with zero attached hydrogens (tertiary/aromatic N) is 5. The van der Waals surface area contributed by atoms with Gasteiger partial charge in [0.05, 0.1) is 31.2 Å². The molecule has 0 saturated carbocycles. The van der Waals surface area contributed by atoms with Crippen LogP contribution in [0.3, 0.4) is 0 Å². The highest BCUT2D eigenvalue weighted by Crippen LogP contribution is 2.41. The molecule has 0 unspecified atom stereocenters. The molecule has 3 aromatic rings. The van der Waals surface area contributed by atoms with Crippen molar-refractivity contribution in [3.05, 3.63) is 53.4 Å². The van der Waals surface area contributed by atoms with Gasteiger partial charge in [-0.25, -0.2) is 4.68 Å². The summed E-state index contributed by atoms with van der Waals surface area (Å²) in [6.07, 6.45) is 4.04. The van der Waals surface area contributed by atoms with E-state index in [0.29, 0.717) is 13.0 Å². The molecule has 5 rings (SSSR count). The van der Waals surface area contributed by atoms with E-state index in [4.69, 9.17) is 8.94 Å². The predicted molar refractivity (Wildman–Crippen MR) is 105 cm³/mol. The number of carbonyl (C=O) groups excluding carboxylic acids is 1. The van der Waals surface area contributed by atoms with Crippen LogP contribution in [0, 0.1) is 13.8 Å². The van der Waals surface area contributed by atoms with Crippen LogP contribution < -0.4 is 4.90 Å². The van der Waals surface area contributed by atoms with Crippen LogP contribution in [0.2, 0.25) is 0 Å². The number of hydrogen-bond acceptors (Lipinski definition) is 6. The summed E-state index contributed by atoms with van der Waals surface area (Å²) in [5.41, 5.74) is 0.505. The first-order chi connectivity index (χ1) is 14.0. The summed E-state index contributed by atoms with van der Waals surface area (Å²) in [6, 6.07) is 7.83. The molecule has 0 aliphatic carbocycles. The number of carbonyl (C=O) groups is 1. The summed E-state index contributed by atoms with van der Waals surface area (Å²) in [5, 5.41) is 8.66. The molecular formula is C21H25N5O3. The topological polar surface area (TPSA) is 80.5 Å². The van der Waals surface area contributed by atoms with Crippen molar-refractivity contribution in [1.29, 1.82) is 0 Å². The Morgan fingerprint density at radius 3 is 2.62 bits per heavy atom. The molecule has 1 fully saturated rings. The molecule has 29 heavy (non-hydrogen) atoms. The van der Waals surface area contributed by atoms with Crippen LogP contribution in [-0.2, 0) is 23.4 Å². The lowest BCUT2D eigenvalue weighted by atomic mass is 9.82. The zero-order valence-electron chi connectivity index (χ0n) is 16.8. The van der Waals surface area contributed by atoms with E-state index >= 15 is 0 Å². The average molecular weight is 395 g/mol. The second-order valence-corrected chi connectivity index (χ2v) is 8.20. The second-order valence-electron chi connectivity index (χ2n) is 8.20. The van der Waals surface area contributed by atoms with E-state index in [1.807, 2.05) is 38.1 Å². The SMILES string of the molecule is Cc1cc(CN2C(=O)CC3(CCN(Cc4ccc(C)o4)CC3)n3nccc32)no1. The van der Waals surface area contributed by atoms with Gasteiger partial charge in [0, 0.05) is 25.2 Å². The Hall–Kier alpha value is -2.87. The van der Waals surface area contributed by atoms with Crippen LogP contribution in [0.25, 0.3) is 0 Å². The van der Waals surface area contributed by atoms with Gasteiger partial charge < -0.3 is 8.94 Å². The summed E-state index contributed by atoms with van der Waals surface area (Å²) < 4.78 is 12.9. The summed E-state index contributed by atoms with van der Waals surface area (Å²) in [7, 11) is 0. The number of piperidine rings is 1. The van der Waals surface area contributed by atoms with Crippen molar-refractivity contribution in [3.63, 3.8) is 0 Å². The van der Waals surface area contributed by atoms with Crippen molar-refractivity contribution < 1.29 is 13.7 Å². The summed E-state index contributed by atoms with van der Waals surface area (Å²) in [4.78, 5) is 17.3. The van der Waals surface area contributed by atoms with Gasteiger partial charge >= 0.3 is 0 Å². The Bertz CT molecular complexity index is 1020. The number of fused-ring (bicyclic) bond motifs is 2. The number of anilines is 1. The van der Waals surface area contributed by atoms with Gasteiger partial charge in [0.15, 0.2) is 0 Å². The Balaban J connectivity index is 1.33. The monoisotopic (exact) mass is 395 g/mol. The average Bonchev–Trinajstić information content (AvgIpc) is 3.43. The van der Waals surface area contributed by atoms with Gasteiger partial charge in [-0.2, -0.15) is 5.10 Å². The fourth-order valence-corrected chi connectivity index (χ4v) is 4.58. The number of likely N-dealkylation sites (tertiary alicyclic amines) is 1. The molecule has 1 amide bonds. The molecule has 0 aromatic carbocycles. The first-order valence-electron chi connectivity index (χ1n) is 10.1. The predicted octanol–water partition coefficient (Wildman–Crippen LogP) is 3.01. The molecule has 3 aromatic heterocycles. The van der Waals surface area contributed by atoms with Crippen molar-refractivity contribution in [3.8, 4) is 0 Å². The Kier molecular flexibility index (Phi) is 4.31. The van der Waals surface area contributed by atoms with Crippen LogP contribution in [0.15, 0.2) is 39.4 Å². The molecule has 8 heteroatoms. The number of furan rings is 1. The third-order valence-electron chi connectivity index (χ3n) is 6.09. The van der Waals surface area contributed by atoms with Gasteiger partial charge in [0.1, 0.15) is 28.8 Å². The van der Waals surface area contributed by atoms with Crippen molar-refractivity contribution >= 4 is 11.7 Å². The van der Waals surface area contributed by atoms with E-state index in [1.54, 1.807) is 11.1 Å². The quantitative estimate of drug-likeness (QED) is 0.676. The van der Waals surface area contributed by atoms with Gasteiger partial charge in [0.2, 0.25) is 5.91 Å². The lowest BCUT2D eigenvalue weighted by Gasteiger charge is -2.46. The zero-order chi connectivity index (χ0) is 20.0. The van der Waals surface area contributed by atoms with E-state index in [1.165, 1.54) is 0 Å². The molecule has 1 spiro atoms. The lowest BCUT2D eigenvalue weighted by molar-refractivity contribution is -0.123. The molecule has 0 atom stereocenters. The van der Waals surface area contributed by atoms with Crippen LogP contribution in [0.1, 0.15) is 42.2 Å². The standard InChI is InChI=1S/C21H25N5O3/c1-15-3-4-18(28-15)14-24-9-6-21(7-10-24)12-20(27)25(19-5-8-22-26(19)21)13-17-11-16(2)29-23-17/h3-5,8,11H,6-7,9-10,12-14H2,1-2H3. The second kappa shape index (κ2) is 6.88. The van der Waals surface area contributed by atoms with Crippen LogP contribution in [0.5, 0.6) is 0 Å². The summed E-state index contributed by atoms with van der Waals surface area (Å²) in [5.74, 6) is 3.64. The zero-order valence-corrected chi connectivity index (χ0v) is 16.8. The van der Waals surface area contributed by atoms with Crippen molar-refractivity contribution in [2.45, 2.75) is 51.7 Å². The van der Waals surface area contributed by atoms with Gasteiger partial charge in [-0.05, 0) is 38.8 Å². The van der Waals surface area contributed by atoms with Gasteiger partial charge in [-0.3, -0.25) is 14.6 Å². The number of rotatable bonds is 4. The maximum absolute atomic E-state index is 13.1. The smallest absolute Gasteiger partial charge is 0.230 e. The maximum Gasteiger partial charge on any atom is 0.230 e. The van der Waals surface area contributed by atoms with E-state index in [0.717, 1.165) is 61.3 Å². The molecule has 1 saturated heterocycles. The highest BCUT2D eigenvalue weighted by atomic mass is 16.5. The minimum Gasteiger partial charge on any atom is -0.465 e. The first kappa shape index (κ1) is 18.2. The molecule has 0 N–H and O–H groups in total. The normalized spacial score (nSPS) is 19.1. The highest BCUT2D eigenvalue weighted by molar-refractivity contribution is 5.94. The van der Waals surface area contributed by atoms with Gasteiger partial charge in [-0.15, -0.1) is 0 Å². The highest BCUT2D eigenvalue weighted by Gasteiger charge is 2.45. The molecule has 2 aliphatic rings. The van der Waals surface area contributed by atoms with Gasteiger partial charge in [-0.1, -0.05) is 5.16 Å². The molecule has 0 bridgehead atoms. The Labute approximate surface area is 169 Å². The van der Waals surface area contributed by atoms with E-state index in [9.17, 15) is 4.79 Å². The molecule has 2 aliphatic heterocycles. The molecule has 8 nitrogen and oxygen atoms in total.